The number of fused-ring (bicyclic) bond motifs is 2. The number of nitrogens with one attached hydrogen (secondary N) is 1. The minimum atomic E-state index is -0.571. The van der Waals surface area contributed by atoms with Gasteiger partial charge in [0.15, 0.2) is 0 Å². The fourth-order valence-electron chi connectivity index (χ4n) is 2.29. The molecule has 4 heteroatoms. The Kier molecular flexibility index (Phi) is 1.63. The van der Waals surface area contributed by atoms with E-state index in [1.54, 1.807) is 0 Å². The highest BCUT2D eigenvalue weighted by molar-refractivity contribution is 5.82. The third kappa shape index (κ3) is 0.881. The van der Waals surface area contributed by atoms with E-state index < -0.39 is 5.54 Å². The van der Waals surface area contributed by atoms with Crippen LogP contribution in [0.2, 0.25) is 0 Å². The standard InChI is InChI=1S/C8H13NO3/c1-12-7(11)8-3-2-5(9-8)6(10)4-8/h5-6,9-10H,2-4H2,1H3/t5-,6+,8-/m0/s1. The molecule has 2 bridgehead atoms. The van der Waals surface area contributed by atoms with Gasteiger partial charge in [0, 0.05) is 12.5 Å². The van der Waals surface area contributed by atoms with E-state index in [4.69, 9.17) is 4.74 Å². The zero-order chi connectivity index (χ0) is 8.77. The van der Waals surface area contributed by atoms with Crippen molar-refractivity contribution in [1.82, 2.24) is 5.32 Å². The number of aliphatic hydroxyl groups excluding tert-OH is 1. The molecule has 2 saturated heterocycles. The maximum atomic E-state index is 11.3. The molecule has 2 aliphatic rings. The lowest BCUT2D eigenvalue weighted by atomic mass is 9.86. The van der Waals surface area contributed by atoms with Crippen molar-refractivity contribution in [3.63, 3.8) is 0 Å². The first kappa shape index (κ1) is 8.01. The molecule has 0 amide bonds. The van der Waals surface area contributed by atoms with Crippen molar-refractivity contribution >= 4 is 5.97 Å². The Hall–Kier alpha value is -0.610. The monoisotopic (exact) mass is 171 g/mol. The topological polar surface area (TPSA) is 58.6 Å². The third-order valence-electron chi connectivity index (χ3n) is 2.94. The molecule has 2 N–H and O–H groups in total. The lowest BCUT2D eigenvalue weighted by Gasteiger charge is -2.23. The highest BCUT2D eigenvalue weighted by Crippen LogP contribution is 2.38. The Morgan fingerprint density at radius 3 is 2.92 bits per heavy atom. The van der Waals surface area contributed by atoms with E-state index >= 15 is 0 Å². The first-order valence-corrected chi connectivity index (χ1v) is 4.22. The number of aliphatic hydroxyl groups is 1. The van der Waals surface area contributed by atoms with Gasteiger partial charge in [0.2, 0.25) is 0 Å². The molecule has 0 unspecified atom stereocenters. The molecule has 4 nitrogen and oxygen atoms in total. The summed E-state index contributed by atoms with van der Waals surface area (Å²) < 4.78 is 4.69. The second-order valence-electron chi connectivity index (χ2n) is 3.63. The molecule has 0 radical (unpaired) electrons. The van der Waals surface area contributed by atoms with Crippen LogP contribution in [-0.2, 0) is 9.53 Å². The number of hydrogen-bond donors (Lipinski definition) is 2. The summed E-state index contributed by atoms with van der Waals surface area (Å²) in [5, 5.41) is 12.6. The predicted octanol–water partition coefficient (Wildman–Crippen LogP) is -0.585. The molecule has 2 aliphatic heterocycles. The average molecular weight is 171 g/mol. The Bertz CT molecular complexity index is 214. The van der Waals surface area contributed by atoms with Gasteiger partial charge in [0.1, 0.15) is 5.54 Å². The van der Waals surface area contributed by atoms with Gasteiger partial charge in [-0.3, -0.25) is 10.1 Å². The van der Waals surface area contributed by atoms with Crippen molar-refractivity contribution in [2.45, 2.75) is 36.9 Å². The molecule has 12 heavy (non-hydrogen) atoms. The molecule has 2 rings (SSSR count). The molecule has 3 atom stereocenters. The molecule has 0 aromatic heterocycles. The summed E-state index contributed by atoms with van der Waals surface area (Å²) in [6.07, 6.45) is 1.79. The van der Waals surface area contributed by atoms with Crippen LogP contribution in [-0.4, -0.2) is 35.9 Å². The first-order chi connectivity index (χ1) is 5.68. The van der Waals surface area contributed by atoms with Crippen molar-refractivity contribution in [2.24, 2.45) is 0 Å². The van der Waals surface area contributed by atoms with E-state index in [0.29, 0.717) is 6.42 Å². The SMILES string of the molecule is COC(=O)[C@@]12CC[C@H](N1)[C@H](O)C2. The van der Waals surface area contributed by atoms with Crippen molar-refractivity contribution in [3.05, 3.63) is 0 Å². The summed E-state index contributed by atoms with van der Waals surface area (Å²) >= 11 is 0. The third-order valence-corrected chi connectivity index (χ3v) is 2.94. The quantitative estimate of drug-likeness (QED) is 0.518. The van der Waals surface area contributed by atoms with Crippen molar-refractivity contribution in [2.75, 3.05) is 7.11 Å². The van der Waals surface area contributed by atoms with E-state index in [9.17, 15) is 9.90 Å². The predicted molar refractivity (Wildman–Crippen MR) is 41.5 cm³/mol. The number of methoxy groups -OCH3 is 1. The molecule has 0 aromatic carbocycles. The van der Waals surface area contributed by atoms with Crippen LogP contribution >= 0.6 is 0 Å². The summed E-state index contributed by atoms with van der Waals surface area (Å²) in [5.41, 5.74) is -0.571. The highest BCUT2D eigenvalue weighted by atomic mass is 16.5. The Labute approximate surface area is 70.9 Å². The number of ether oxygens (including phenoxy) is 1. The summed E-state index contributed by atoms with van der Waals surface area (Å²) in [7, 11) is 1.39. The molecule has 68 valence electrons. The average Bonchev–Trinajstić information content (AvgIpc) is 2.60. The number of hydrogen-bond acceptors (Lipinski definition) is 4. The maximum absolute atomic E-state index is 11.3. The Balaban J connectivity index is 2.18. The summed E-state index contributed by atoms with van der Waals surface area (Å²) in [4.78, 5) is 11.3. The van der Waals surface area contributed by atoms with E-state index in [1.807, 2.05) is 0 Å². The van der Waals surface area contributed by atoms with E-state index in [-0.39, 0.29) is 18.1 Å². The smallest absolute Gasteiger partial charge is 0.326 e. The van der Waals surface area contributed by atoms with Gasteiger partial charge in [-0.05, 0) is 12.8 Å². The lowest BCUT2D eigenvalue weighted by Crippen LogP contribution is -2.45. The first-order valence-electron chi connectivity index (χ1n) is 4.22. The fraction of sp³-hybridized carbons (Fsp3) is 0.875. The van der Waals surface area contributed by atoms with E-state index in [2.05, 4.69) is 5.32 Å². The van der Waals surface area contributed by atoms with Crippen LogP contribution in [0.3, 0.4) is 0 Å². The number of esters is 1. The van der Waals surface area contributed by atoms with Gasteiger partial charge < -0.3 is 9.84 Å². The van der Waals surface area contributed by atoms with Gasteiger partial charge in [0.05, 0.1) is 13.2 Å². The van der Waals surface area contributed by atoms with Gasteiger partial charge in [-0.1, -0.05) is 0 Å². The molecule has 0 aliphatic carbocycles. The van der Waals surface area contributed by atoms with Gasteiger partial charge in [0.25, 0.3) is 0 Å². The molecule has 0 aromatic rings. The lowest BCUT2D eigenvalue weighted by molar-refractivity contribution is -0.148. The van der Waals surface area contributed by atoms with Crippen LogP contribution in [0.25, 0.3) is 0 Å². The van der Waals surface area contributed by atoms with Crippen molar-refractivity contribution < 1.29 is 14.6 Å². The summed E-state index contributed by atoms with van der Waals surface area (Å²) in [6.45, 7) is 0. The molecular formula is C8H13NO3. The van der Waals surface area contributed by atoms with Crippen LogP contribution in [0, 0.1) is 0 Å². The number of carbonyl (C=O) groups excluding carboxylic acids is 1. The molecular weight excluding hydrogens is 158 g/mol. The Morgan fingerprint density at radius 1 is 1.75 bits per heavy atom. The van der Waals surface area contributed by atoms with Crippen LogP contribution in [0.4, 0.5) is 0 Å². The van der Waals surface area contributed by atoms with Gasteiger partial charge in [-0.2, -0.15) is 0 Å². The maximum Gasteiger partial charge on any atom is 0.326 e. The van der Waals surface area contributed by atoms with Crippen LogP contribution in [0.1, 0.15) is 19.3 Å². The number of rotatable bonds is 1. The van der Waals surface area contributed by atoms with E-state index in [0.717, 1.165) is 12.8 Å². The summed E-state index contributed by atoms with van der Waals surface area (Å²) in [5.74, 6) is -0.235. The molecule has 2 heterocycles. The molecule has 0 spiro atoms. The largest absolute Gasteiger partial charge is 0.468 e. The Morgan fingerprint density at radius 2 is 2.50 bits per heavy atom. The van der Waals surface area contributed by atoms with E-state index in [1.165, 1.54) is 7.11 Å². The minimum absolute atomic E-state index is 0.101. The molecule has 0 saturated carbocycles. The second kappa shape index (κ2) is 2.44. The van der Waals surface area contributed by atoms with Crippen molar-refractivity contribution in [3.8, 4) is 0 Å². The normalized spacial score (nSPS) is 44.8. The van der Waals surface area contributed by atoms with Gasteiger partial charge in [-0.15, -0.1) is 0 Å². The zero-order valence-corrected chi connectivity index (χ0v) is 7.04. The highest BCUT2D eigenvalue weighted by Gasteiger charge is 2.55. The molecule has 2 fully saturated rings. The summed E-state index contributed by atoms with van der Waals surface area (Å²) in [6, 6.07) is 0.101. The number of carbonyl (C=O) groups is 1. The van der Waals surface area contributed by atoms with Crippen LogP contribution < -0.4 is 5.32 Å². The van der Waals surface area contributed by atoms with Crippen LogP contribution in [0.15, 0.2) is 0 Å². The van der Waals surface area contributed by atoms with Crippen LogP contribution in [0.5, 0.6) is 0 Å². The zero-order valence-electron chi connectivity index (χ0n) is 7.04. The van der Waals surface area contributed by atoms with Gasteiger partial charge in [-0.25, -0.2) is 0 Å². The minimum Gasteiger partial charge on any atom is -0.468 e. The second-order valence-corrected chi connectivity index (χ2v) is 3.63. The fourth-order valence-corrected chi connectivity index (χ4v) is 2.29. The van der Waals surface area contributed by atoms with Gasteiger partial charge >= 0.3 is 5.97 Å². The van der Waals surface area contributed by atoms with Crippen molar-refractivity contribution in [1.29, 1.82) is 0 Å².